The Hall–Kier alpha value is -3.53. The van der Waals surface area contributed by atoms with Gasteiger partial charge in [0.1, 0.15) is 5.76 Å². The number of aliphatic hydroxyl groups excluding tert-OH is 1. The zero-order chi connectivity index (χ0) is 24.1. The summed E-state index contributed by atoms with van der Waals surface area (Å²) in [6, 6.07) is 11.2. The Balaban J connectivity index is 1.97. The molecule has 9 nitrogen and oxygen atoms in total. The fraction of sp³-hybridized carbons (Fsp3) is 0.261. The molecule has 10 heteroatoms. The largest absolute Gasteiger partial charge is 0.507 e. The Morgan fingerprint density at radius 1 is 1.00 bits per heavy atom. The molecule has 2 N–H and O–H groups in total. The molecule has 33 heavy (non-hydrogen) atoms. The lowest BCUT2D eigenvalue weighted by atomic mass is 9.95. The number of non-ortho nitro benzene ring substituents is 1. The molecule has 0 aliphatic carbocycles. The number of benzene rings is 2. The van der Waals surface area contributed by atoms with Crippen LogP contribution in [0.1, 0.15) is 42.9 Å². The Labute approximate surface area is 197 Å². The molecule has 1 heterocycles. The van der Waals surface area contributed by atoms with Gasteiger partial charge in [-0.1, -0.05) is 34.5 Å². The van der Waals surface area contributed by atoms with Gasteiger partial charge in [-0.05, 0) is 42.7 Å². The van der Waals surface area contributed by atoms with Crippen molar-refractivity contribution in [2.24, 2.45) is 0 Å². The maximum absolute atomic E-state index is 12.9. The number of nitro groups is 1. The fourth-order valence-electron chi connectivity index (χ4n) is 3.73. The minimum Gasteiger partial charge on any atom is -0.507 e. The van der Waals surface area contributed by atoms with Crippen molar-refractivity contribution in [2.45, 2.75) is 31.7 Å². The van der Waals surface area contributed by atoms with E-state index in [2.05, 4.69) is 15.9 Å². The number of hydrogen-bond acceptors (Lipinski definition) is 6. The smallest absolute Gasteiger partial charge is 0.303 e. The van der Waals surface area contributed by atoms with Crippen molar-refractivity contribution in [3.05, 3.63) is 79.8 Å². The summed E-state index contributed by atoms with van der Waals surface area (Å²) in [6.07, 6.45) is 1.52. The van der Waals surface area contributed by atoms with Crippen molar-refractivity contribution in [3.8, 4) is 0 Å². The van der Waals surface area contributed by atoms with Crippen LogP contribution in [0, 0.1) is 10.1 Å². The van der Waals surface area contributed by atoms with E-state index in [9.17, 15) is 29.6 Å². The average Bonchev–Trinajstić information content (AvgIpc) is 3.03. The lowest BCUT2D eigenvalue weighted by Gasteiger charge is -2.25. The number of amides is 1. The lowest BCUT2D eigenvalue weighted by Crippen LogP contribution is -2.30. The van der Waals surface area contributed by atoms with Gasteiger partial charge in [0.25, 0.3) is 17.4 Å². The number of unbranched alkanes of at least 4 members (excludes halogenated alkanes) is 2. The van der Waals surface area contributed by atoms with Crippen LogP contribution < -0.4 is 0 Å². The minimum atomic E-state index is -0.895. The highest BCUT2D eigenvalue weighted by Crippen LogP contribution is 2.40. The van der Waals surface area contributed by atoms with Gasteiger partial charge < -0.3 is 15.1 Å². The first-order valence-corrected chi connectivity index (χ1v) is 11.0. The second kappa shape index (κ2) is 10.4. The number of nitrogens with zero attached hydrogens (tertiary/aromatic N) is 2. The van der Waals surface area contributed by atoms with Crippen LogP contribution in [0.15, 0.2) is 58.6 Å². The zero-order valence-corrected chi connectivity index (χ0v) is 19.0. The van der Waals surface area contributed by atoms with E-state index in [-0.39, 0.29) is 29.8 Å². The van der Waals surface area contributed by atoms with Crippen LogP contribution >= 0.6 is 15.9 Å². The van der Waals surface area contributed by atoms with Crippen LogP contribution in [0.5, 0.6) is 0 Å². The van der Waals surface area contributed by atoms with Gasteiger partial charge in [-0.2, -0.15) is 0 Å². The predicted octanol–water partition coefficient (Wildman–Crippen LogP) is 4.42. The predicted molar refractivity (Wildman–Crippen MR) is 122 cm³/mol. The molecule has 1 aliphatic rings. The summed E-state index contributed by atoms with van der Waals surface area (Å²) in [4.78, 5) is 48.2. The van der Waals surface area contributed by atoms with Gasteiger partial charge in [-0.25, -0.2) is 0 Å². The maximum atomic E-state index is 12.9. The Bertz CT molecular complexity index is 1110. The van der Waals surface area contributed by atoms with Gasteiger partial charge in [0, 0.05) is 35.1 Å². The summed E-state index contributed by atoms with van der Waals surface area (Å²) >= 11 is 3.35. The SMILES string of the molecule is O=C(O)CCCCCN1C(=O)C(=O)C(=C(O)c2ccc([N+](=O)[O-])cc2)C1c1ccc(Br)cc1. The van der Waals surface area contributed by atoms with Crippen LogP contribution in [-0.2, 0) is 14.4 Å². The van der Waals surface area contributed by atoms with E-state index >= 15 is 0 Å². The summed E-state index contributed by atoms with van der Waals surface area (Å²) in [5.41, 5.74) is 0.535. The first-order valence-electron chi connectivity index (χ1n) is 10.2. The highest BCUT2D eigenvalue weighted by atomic mass is 79.9. The highest BCUT2D eigenvalue weighted by molar-refractivity contribution is 9.10. The van der Waals surface area contributed by atoms with Crippen LogP contribution in [0.3, 0.4) is 0 Å². The quantitative estimate of drug-likeness (QED) is 0.125. The summed E-state index contributed by atoms with van der Waals surface area (Å²) in [7, 11) is 0. The molecule has 2 aromatic carbocycles. The van der Waals surface area contributed by atoms with Crippen LogP contribution in [0.2, 0.25) is 0 Å². The van der Waals surface area contributed by atoms with Gasteiger partial charge in [0.05, 0.1) is 16.5 Å². The topological polar surface area (TPSA) is 138 Å². The van der Waals surface area contributed by atoms with E-state index in [4.69, 9.17) is 5.11 Å². The standard InChI is InChI=1S/C23H21BrN2O7/c24-16-9-5-14(6-10-16)20-19(21(29)15-7-11-17(12-8-15)26(32)33)22(30)23(31)25(20)13-3-1-2-4-18(27)28/h5-12,20,29H,1-4,13H2,(H,27,28). The number of halogens is 1. The number of rotatable bonds is 9. The molecule has 2 aromatic rings. The van der Waals surface area contributed by atoms with Crippen molar-refractivity contribution >= 4 is 45.0 Å². The van der Waals surface area contributed by atoms with E-state index in [0.29, 0.717) is 24.8 Å². The molecular weight excluding hydrogens is 496 g/mol. The molecule has 0 bridgehead atoms. The van der Waals surface area contributed by atoms with Crippen LogP contribution in [0.25, 0.3) is 5.76 Å². The van der Waals surface area contributed by atoms with Crippen molar-refractivity contribution in [1.29, 1.82) is 0 Å². The number of carbonyl (C=O) groups excluding carboxylic acids is 2. The Morgan fingerprint density at radius 3 is 2.21 bits per heavy atom. The first kappa shape index (κ1) is 24.1. The van der Waals surface area contributed by atoms with Gasteiger partial charge in [-0.3, -0.25) is 24.5 Å². The number of aliphatic hydroxyl groups is 1. The Morgan fingerprint density at radius 2 is 1.64 bits per heavy atom. The molecular formula is C23H21BrN2O7. The average molecular weight is 517 g/mol. The number of aliphatic carboxylic acids is 1. The van der Waals surface area contributed by atoms with E-state index in [1.165, 1.54) is 29.2 Å². The number of carboxylic acid groups (broad SMARTS) is 1. The molecule has 172 valence electrons. The van der Waals surface area contributed by atoms with Crippen LogP contribution in [-0.4, -0.2) is 44.2 Å². The molecule has 3 rings (SSSR count). The lowest BCUT2D eigenvalue weighted by molar-refractivity contribution is -0.384. The number of carboxylic acids is 1. The van der Waals surface area contributed by atoms with Gasteiger partial charge >= 0.3 is 5.97 Å². The summed E-state index contributed by atoms with van der Waals surface area (Å²) < 4.78 is 0.798. The number of hydrogen-bond donors (Lipinski definition) is 2. The van der Waals surface area contributed by atoms with Gasteiger partial charge in [-0.15, -0.1) is 0 Å². The molecule has 1 amide bonds. The van der Waals surface area contributed by atoms with E-state index in [0.717, 1.165) is 4.47 Å². The summed E-state index contributed by atoms with van der Waals surface area (Å²) in [5.74, 6) is -2.91. The van der Waals surface area contributed by atoms with Crippen molar-refractivity contribution < 1.29 is 29.5 Å². The van der Waals surface area contributed by atoms with Crippen molar-refractivity contribution in [3.63, 3.8) is 0 Å². The van der Waals surface area contributed by atoms with Crippen LogP contribution in [0.4, 0.5) is 5.69 Å². The molecule has 0 aromatic heterocycles. The van der Waals surface area contributed by atoms with E-state index in [1.807, 2.05) is 0 Å². The molecule has 1 aliphatic heterocycles. The first-order chi connectivity index (χ1) is 15.7. The molecule has 0 radical (unpaired) electrons. The number of Topliss-reactive ketones (excluding diaryl/α,β-unsaturated/α-hetero) is 1. The number of nitro benzene ring substituents is 1. The van der Waals surface area contributed by atoms with Gasteiger partial charge in [0.15, 0.2) is 0 Å². The fourth-order valence-corrected chi connectivity index (χ4v) is 4.00. The maximum Gasteiger partial charge on any atom is 0.303 e. The normalized spacial score (nSPS) is 17.4. The second-order valence-electron chi connectivity index (χ2n) is 7.55. The summed E-state index contributed by atoms with van der Waals surface area (Å²) in [6.45, 7) is 0.210. The molecule has 1 unspecified atom stereocenters. The zero-order valence-electron chi connectivity index (χ0n) is 17.4. The van der Waals surface area contributed by atoms with Gasteiger partial charge in [0.2, 0.25) is 0 Å². The number of carbonyl (C=O) groups is 3. The number of ketones is 1. The van der Waals surface area contributed by atoms with Crippen molar-refractivity contribution in [2.75, 3.05) is 6.54 Å². The highest BCUT2D eigenvalue weighted by Gasteiger charge is 2.45. The third kappa shape index (κ3) is 5.46. The molecule has 1 atom stereocenters. The number of likely N-dealkylation sites (tertiary alicyclic amines) is 1. The minimum absolute atomic E-state index is 0.0229. The second-order valence-corrected chi connectivity index (χ2v) is 8.47. The molecule has 1 saturated heterocycles. The molecule has 0 saturated carbocycles. The van der Waals surface area contributed by atoms with Crippen molar-refractivity contribution in [1.82, 2.24) is 4.90 Å². The van der Waals surface area contributed by atoms with E-state index in [1.54, 1.807) is 24.3 Å². The monoisotopic (exact) mass is 516 g/mol. The third-order valence-electron chi connectivity index (χ3n) is 5.37. The van der Waals surface area contributed by atoms with E-state index < -0.39 is 34.4 Å². The molecule has 0 spiro atoms. The molecule has 1 fully saturated rings. The third-order valence-corrected chi connectivity index (χ3v) is 5.90. The summed E-state index contributed by atoms with van der Waals surface area (Å²) in [5, 5.41) is 30.6. The Kier molecular flexibility index (Phi) is 7.59.